The van der Waals surface area contributed by atoms with Crippen LogP contribution in [0.2, 0.25) is 5.15 Å². The summed E-state index contributed by atoms with van der Waals surface area (Å²) in [5.41, 5.74) is 4.37. The van der Waals surface area contributed by atoms with E-state index < -0.39 is 14.9 Å². The molecule has 13 heteroatoms. The summed E-state index contributed by atoms with van der Waals surface area (Å²) in [5.74, 6) is 0. The number of sulfonamides is 1. The fourth-order valence-corrected chi connectivity index (χ4v) is 5.31. The third kappa shape index (κ3) is 4.80. The number of hydrazone groups is 1. The molecule has 1 saturated heterocycles. The molecular weight excluding hydrogens is 484 g/mol. The molecular formula is C21H21ClN6O5S. The van der Waals surface area contributed by atoms with Crippen LogP contribution in [0.15, 0.2) is 58.5 Å². The maximum atomic E-state index is 13.2. The highest BCUT2D eigenvalue weighted by atomic mass is 35.5. The molecule has 2 aromatic carbocycles. The van der Waals surface area contributed by atoms with Gasteiger partial charge in [-0.1, -0.05) is 29.8 Å². The molecule has 178 valence electrons. The lowest BCUT2D eigenvalue weighted by molar-refractivity contribution is -0.385. The molecule has 4 rings (SSSR count). The summed E-state index contributed by atoms with van der Waals surface area (Å²) in [6.45, 7) is 2.58. The van der Waals surface area contributed by atoms with Gasteiger partial charge in [0.25, 0.3) is 5.69 Å². The Kier molecular flexibility index (Phi) is 6.93. The summed E-state index contributed by atoms with van der Waals surface area (Å²) in [6.07, 6.45) is 1.43. The number of para-hydroxylation sites is 1. The largest absolute Gasteiger partial charge is 0.379 e. The predicted octanol–water partition coefficient (Wildman–Crippen LogP) is 3.21. The lowest BCUT2D eigenvalue weighted by Gasteiger charge is -2.26. The third-order valence-corrected chi connectivity index (χ3v) is 7.49. The number of anilines is 1. The SMILES string of the molecule is Cc1nn(-c2ccccc2)c(Cl)c1/C=N\Nc1ccc([N+](=O)[O-])cc1S(=O)(=O)N1CCOCC1. The maximum absolute atomic E-state index is 13.2. The number of morpholine rings is 1. The standard InChI is InChI=1S/C21H21ClN6O5S/c1-15-18(21(22)27(25-15)16-5-3-2-4-6-16)14-23-24-19-8-7-17(28(29)30)13-20(19)34(31,32)26-9-11-33-12-10-26/h2-8,13-14,24H,9-12H2,1H3/b23-14-. The van der Waals surface area contributed by atoms with Crippen molar-refractivity contribution in [2.24, 2.45) is 5.10 Å². The monoisotopic (exact) mass is 504 g/mol. The molecule has 3 aromatic rings. The zero-order valence-electron chi connectivity index (χ0n) is 18.1. The van der Waals surface area contributed by atoms with Gasteiger partial charge in [-0.05, 0) is 25.1 Å². The molecule has 0 saturated carbocycles. The van der Waals surface area contributed by atoms with Crippen LogP contribution in [0.3, 0.4) is 0 Å². The second kappa shape index (κ2) is 9.89. The molecule has 1 aliphatic heterocycles. The number of benzene rings is 2. The van der Waals surface area contributed by atoms with Crippen LogP contribution in [0.25, 0.3) is 5.69 Å². The van der Waals surface area contributed by atoms with E-state index >= 15 is 0 Å². The van der Waals surface area contributed by atoms with Gasteiger partial charge >= 0.3 is 0 Å². The molecule has 0 radical (unpaired) electrons. The fraction of sp³-hybridized carbons (Fsp3) is 0.238. The van der Waals surface area contributed by atoms with Crippen molar-refractivity contribution < 1.29 is 18.1 Å². The lowest BCUT2D eigenvalue weighted by Crippen LogP contribution is -2.40. The van der Waals surface area contributed by atoms with Crippen molar-refractivity contribution in [3.63, 3.8) is 0 Å². The van der Waals surface area contributed by atoms with Gasteiger partial charge in [0, 0.05) is 25.2 Å². The minimum atomic E-state index is -4.02. The molecule has 11 nitrogen and oxygen atoms in total. The molecule has 1 N–H and O–H groups in total. The Labute approximate surface area is 200 Å². The number of nitro groups is 1. The molecule has 2 heterocycles. The Balaban J connectivity index is 1.65. The van der Waals surface area contributed by atoms with Crippen LogP contribution in [-0.4, -0.2) is 59.9 Å². The van der Waals surface area contributed by atoms with Crippen molar-refractivity contribution in [1.29, 1.82) is 0 Å². The lowest BCUT2D eigenvalue weighted by atomic mass is 10.3. The van der Waals surface area contributed by atoms with E-state index in [-0.39, 0.29) is 42.6 Å². The van der Waals surface area contributed by atoms with Crippen molar-refractivity contribution in [1.82, 2.24) is 14.1 Å². The molecule has 1 fully saturated rings. The van der Waals surface area contributed by atoms with E-state index in [0.717, 1.165) is 11.8 Å². The van der Waals surface area contributed by atoms with Gasteiger partial charge in [0.15, 0.2) is 0 Å². The Hall–Kier alpha value is -3.32. The van der Waals surface area contributed by atoms with Crippen LogP contribution < -0.4 is 5.43 Å². The van der Waals surface area contributed by atoms with Gasteiger partial charge < -0.3 is 4.74 Å². The highest BCUT2D eigenvalue weighted by Gasteiger charge is 2.30. The van der Waals surface area contributed by atoms with Crippen molar-refractivity contribution in [3.8, 4) is 5.69 Å². The fourth-order valence-electron chi connectivity index (χ4n) is 3.42. The molecule has 0 unspecified atom stereocenters. The van der Waals surface area contributed by atoms with Gasteiger partial charge in [0.2, 0.25) is 10.0 Å². The maximum Gasteiger partial charge on any atom is 0.270 e. The van der Waals surface area contributed by atoms with Crippen molar-refractivity contribution in [3.05, 3.63) is 75.1 Å². The van der Waals surface area contributed by atoms with Crippen molar-refractivity contribution in [2.75, 3.05) is 31.7 Å². The summed E-state index contributed by atoms with van der Waals surface area (Å²) in [7, 11) is -4.02. The normalized spacial score (nSPS) is 15.0. The quantitative estimate of drug-likeness (QED) is 0.297. The van der Waals surface area contributed by atoms with Crippen LogP contribution in [0, 0.1) is 17.0 Å². The average Bonchev–Trinajstić information content (AvgIpc) is 3.13. The van der Waals surface area contributed by atoms with E-state index in [0.29, 0.717) is 16.4 Å². The molecule has 0 aliphatic carbocycles. The zero-order chi connectivity index (χ0) is 24.3. The van der Waals surface area contributed by atoms with E-state index in [1.807, 2.05) is 30.3 Å². The summed E-state index contributed by atoms with van der Waals surface area (Å²) in [5, 5.41) is 20.2. The number of nitrogens with zero attached hydrogens (tertiary/aromatic N) is 5. The minimum Gasteiger partial charge on any atom is -0.379 e. The number of aromatic nitrogens is 2. The average molecular weight is 505 g/mol. The number of rotatable bonds is 7. The number of ether oxygens (including phenoxy) is 1. The van der Waals surface area contributed by atoms with E-state index in [9.17, 15) is 18.5 Å². The Morgan fingerprint density at radius 1 is 1.21 bits per heavy atom. The van der Waals surface area contributed by atoms with Gasteiger partial charge in [0.1, 0.15) is 10.0 Å². The number of hydrogen-bond acceptors (Lipinski definition) is 8. The van der Waals surface area contributed by atoms with Gasteiger partial charge in [-0.15, -0.1) is 0 Å². The van der Waals surface area contributed by atoms with Crippen LogP contribution in [-0.2, 0) is 14.8 Å². The topological polar surface area (TPSA) is 132 Å². The number of halogens is 1. The first-order valence-corrected chi connectivity index (χ1v) is 12.1. The number of nitrogens with one attached hydrogen (secondary N) is 1. The third-order valence-electron chi connectivity index (χ3n) is 5.19. The van der Waals surface area contributed by atoms with Crippen molar-refractivity contribution >= 4 is 39.2 Å². The zero-order valence-corrected chi connectivity index (χ0v) is 19.7. The summed E-state index contributed by atoms with van der Waals surface area (Å²) in [4.78, 5) is 10.4. The van der Waals surface area contributed by atoms with Gasteiger partial charge in [-0.25, -0.2) is 13.1 Å². The van der Waals surface area contributed by atoms with Gasteiger partial charge in [0.05, 0.1) is 47.0 Å². The van der Waals surface area contributed by atoms with E-state index in [1.165, 1.54) is 22.7 Å². The first-order chi connectivity index (χ1) is 16.3. The second-order valence-corrected chi connectivity index (χ2v) is 9.63. The smallest absolute Gasteiger partial charge is 0.270 e. The van der Waals surface area contributed by atoms with Gasteiger partial charge in [-0.3, -0.25) is 15.5 Å². The van der Waals surface area contributed by atoms with Crippen molar-refractivity contribution in [2.45, 2.75) is 11.8 Å². The first kappa shape index (κ1) is 23.8. The number of hydrogen-bond donors (Lipinski definition) is 1. The molecule has 1 aliphatic rings. The molecule has 0 bridgehead atoms. The molecule has 1 aromatic heterocycles. The first-order valence-electron chi connectivity index (χ1n) is 10.2. The summed E-state index contributed by atoms with van der Waals surface area (Å²) >= 11 is 6.50. The Morgan fingerprint density at radius 2 is 1.91 bits per heavy atom. The van der Waals surface area contributed by atoms with E-state index in [4.69, 9.17) is 16.3 Å². The van der Waals surface area contributed by atoms with Crippen LogP contribution in [0.4, 0.5) is 11.4 Å². The molecule has 0 spiro atoms. The Morgan fingerprint density at radius 3 is 2.59 bits per heavy atom. The number of nitro benzene ring substituents is 1. The van der Waals surface area contributed by atoms with E-state index in [2.05, 4.69) is 15.6 Å². The predicted molar refractivity (Wildman–Crippen MR) is 127 cm³/mol. The highest BCUT2D eigenvalue weighted by molar-refractivity contribution is 7.89. The Bertz CT molecular complexity index is 1340. The second-order valence-electron chi connectivity index (χ2n) is 7.36. The summed E-state index contributed by atoms with van der Waals surface area (Å²) in [6, 6.07) is 12.9. The van der Waals surface area contributed by atoms with Gasteiger partial charge in [-0.2, -0.15) is 14.5 Å². The number of non-ortho nitro benzene ring substituents is 1. The van der Waals surface area contributed by atoms with Crippen LogP contribution in [0.5, 0.6) is 0 Å². The highest BCUT2D eigenvalue weighted by Crippen LogP contribution is 2.30. The minimum absolute atomic E-state index is 0.0950. The molecule has 0 atom stereocenters. The van der Waals surface area contributed by atoms with Crippen LogP contribution in [0.1, 0.15) is 11.3 Å². The molecule has 0 amide bonds. The number of aryl methyl sites for hydroxylation is 1. The summed E-state index contributed by atoms with van der Waals surface area (Å²) < 4.78 is 34.4. The van der Waals surface area contributed by atoms with E-state index in [1.54, 1.807) is 11.6 Å². The van der Waals surface area contributed by atoms with Crippen LogP contribution >= 0.6 is 11.6 Å². The molecule has 34 heavy (non-hydrogen) atoms.